The fourth-order valence-electron chi connectivity index (χ4n) is 8.25. The lowest BCUT2D eigenvalue weighted by Gasteiger charge is -2.38. The van der Waals surface area contributed by atoms with E-state index in [1.807, 2.05) is 6.92 Å². The number of rotatable bonds is 11. The summed E-state index contributed by atoms with van der Waals surface area (Å²) in [6.45, 7) is 4.71. The van der Waals surface area contributed by atoms with Gasteiger partial charge in [-0.3, -0.25) is 0 Å². The largest absolute Gasteiger partial charge is 0.491 e. The van der Waals surface area contributed by atoms with Gasteiger partial charge in [-0.2, -0.15) is 4.39 Å². The molecule has 3 aliphatic rings. The van der Waals surface area contributed by atoms with Crippen LogP contribution in [0.15, 0.2) is 24.3 Å². The molecule has 0 aromatic heterocycles. The highest BCUT2D eigenvalue weighted by atomic mass is 19.2. The van der Waals surface area contributed by atoms with Crippen LogP contribution in [-0.4, -0.2) is 24.4 Å². The van der Waals surface area contributed by atoms with Gasteiger partial charge in [-0.05, 0) is 137 Å². The van der Waals surface area contributed by atoms with E-state index in [1.165, 1.54) is 0 Å². The quantitative estimate of drug-likeness (QED) is 0.255. The summed E-state index contributed by atoms with van der Waals surface area (Å²) in [6.07, 6.45) is 12.4. The van der Waals surface area contributed by atoms with Crippen molar-refractivity contribution in [3.8, 4) is 5.75 Å². The Kier molecular flexibility index (Phi) is 11.7. The molecule has 2 aromatic carbocycles. The maximum absolute atomic E-state index is 14.9. The van der Waals surface area contributed by atoms with Crippen LogP contribution in [0.4, 0.5) is 17.6 Å². The molecule has 0 radical (unpaired) electrons. The predicted molar refractivity (Wildman–Crippen MR) is 165 cm³/mol. The van der Waals surface area contributed by atoms with E-state index in [0.29, 0.717) is 48.3 Å². The average Bonchev–Trinajstić information content (AvgIpc) is 3.04. The van der Waals surface area contributed by atoms with E-state index >= 15 is 0 Å². The smallest absolute Gasteiger partial charge is 0.200 e. The van der Waals surface area contributed by atoms with Crippen LogP contribution in [0.3, 0.4) is 0 Å². The molecule has 7 heteroatoms. The summed E-state index contributed by atoms with van der Waals surface area (Å²) in [7, 11) is 0. The molecule has 2 aromatic rings. The topological polar surface area (TPSA) is 38.7 Å². The number of hydrogen-bond donors (Lipinski definition) is 1. The highest BCUT2D eigenvalue weighted by molar-refractivity contribution is 5.33. The summed E-state index contributed by atoms with van der Waals surface area (Å²) in [5.74, 6) is -1.45. The number of benzene rings is 2. The van der Waals surface area contributed by atoms with E-state index in [1.54, 1.807) is 31.2 Å². The molecule has 1 atom stereocenters. The van der Waals surface area contributed by atoms with Crippen LogP contribution in [0.5, 0.6) is 5.75 Å². The SMILES string of the molecule is CCCC(O)c1ccc(C2CCC(COC3CCC(C4CCC(c5ccc(OCC)c(F)c5F)CC4)CC3)CC2)c(F)c1F. The minimum atomic E-state index is -0.963. The summed E-state index contributed by atoms with van der Waals surface area (Å²) in [6, 6.07) is 6.52. The van der Waals surface area contributed by atoms with Crippen LogP contribution in [0, 0.1) is 41.0 Å². The molecule has 5 rings (SSSR count). The third kappa shape index (κ3) is 7.63. The molecule has 1 unspecified atom stereocenters. The molecular formula is C37H50F4O3. The zero-order valence-electron chi connectivity index (χ0n) is 26.4. The molecule has 0 aliphatic heterocycles. The fourth-order valence-corrected chi connectivity index (χ4v) is 8.25. The molecule has 1 N–H and O–H groups in total. The zero-order chi connectivity index (χ0) is 31.2. The van der Waals surface area contributed by atoms with Gasteiger partial charge in [0.15, 0.2) is 23.2 Å². The van der Waals surface area contributed by atoms with E-state index in [0.717, 1.165) is 83.7 Å². The van der Waals surface area contributed by atoms with Gasteiger partial charge in [0, 0.05) is 12.2 Å². The van der Waals surface area contributed by atoms with Gasteiger partial charge in [0.25, 0.3) is 0 Å². The number of hydrogen-bond acceptors (Lipinski definition) is 3. The lowest BCUT2D eigenvalue weighted by Crippen LogP contribution is -2.30. The number of aliphatic hydroxyl groups is 1. The Bertz CT molecular complexity index is 1210. The summed E-state index contributed by atoms with van der Waals surface area (Å²) in [4.78, 5) is 0. The van der Waals surface area contributed by atoms with Crippen LogP contribution in [0.1, 0.15) is 138 Å². The van der Waals surface area contributed by atoms with Crippen molar-refractivity contribution < 1.29 is 32.1 Å². The van der Waals surface area contributed by atoms with Crippen molar-refractivity contribution in [3.63, 3.8) is 0 Å². The summed E-state index contributed by atoms with van der Waals surface area (Å²) in [5, 5.41) is 10.1. The van der Waals surface area contributed by atoms with Crippen molar-refractivity contribution in [1.82, 2.24) is 0 Å². The molecule has 44 heavy (non-hydrogen) atoms. The van der Waals surface area contributed by atoms with E-state index in [2.05, 4.69) is 0 Å². The van der Waals surface area contributed by atoms with E-state index in [-0.39, 0.29) is 29.3 Å². The average molecular weight is 619 g/mol. The van der Waals surface area contributed by atoms with Crippen molar-refractivity contribution >= 4 is 0 Å². The number of ether oxygens (including phenoxy) is 2. The van der Waals surface area contributed by atoms with Crippen molar-refractivity contribution in [2.24, 2.45) is 17.8 Å². The Morgan fingerprint density at radius 1 is 0.682 bits per heavy atom. The molecule has 3 aliphatic carbocycles. The molecule has 244 valence electrons. The number of aliphatic hydroxyl groups excluding tert-OH is 1. The van der Waals surface area contributed by atoms with Crippen molar-refractivity contribution in [1.29, 1.82) is 0 Å². The van der Waals surface area contributed by atoms with Crippen LogP contribution in [0.25, 0.3) is 0 Å². The van der Waals surface area contributed by atoms with Gasteiger partial charge in [0.05, 0.1) is 18.8 Å². The second-order valence-corrected chi connectivity index (χ2v) is 13.6. The minimum absolute atomic E-state index is 0.00767. The lowest BCUT2D eigenvalue weighted by atomic mass is 9.69. The maximum atomic E-state index is 14.9. The summed E-state index contributed by atoms with van der Waals surface area (Å²) < 4.78 is 70.4. The predicted octanol–water partition coefficient (Wildman–Crippen LogP) is 10.3. The second-order valence-electron chi connectivity index (χ2n) is 13.6. The zero-order valence-corrected chi connectivity index (χ0v) is 26.4. The van der Waals surface area contributed by atoms with E-state index in [9.17, 15) is 22.7 Å². The number of halogens is 4. The van der Waals surface area contributed by atoms with Gasteiger partial charge >= 0.3 is 0 Å². The Morgan fingerprint density at radius 2 is 1.23 bits per heavy atom. The third-order valence-corrected chi connectivity index (χ3v) is 10.9. The molecule has 3 nitrogen and oxygen atoms in total. The minimum Gasteiger partial charge on any atom is -0.491 e. The van der Waals surface area contributed by atoms with Crippen molar-refractivity contribution in [3.05, 3.63) is 64.2 Å². The first kappa shape index (κ1) is 33.2. The Balaban J connectivity index is 1.02. The Labute approximate surface area is 260 Å². The first-order valence-corrected chi connectivity index (χ1v) is 17.2. The first-order valence-electron chi connectivity index (χ1n) is 17.2. The van der Waals surface area contributed by atoms with Crippen LogP contribution < -0.4 is 4.74 Å². The van der Waals surface area contributed by atoms with E-state index < -0.39 is 29.4 Å². The molecule has 0 bridgehead atoms. The van der Waals surface area contributed by atoms with Crippen LogP contribution in [-0.2, 0) is 4.74 Å². The molecule has 0 amide bonds. The van der Waals surface area contributed by atoms with Gasteiger partial charge in [0.1, 0.15) is 0 Å². The maximum Gasteiger partial charge on any atom is 0.200 e. The molecular weight excluding hydrogens is 568 g/mol. The van der Waals surface area contributed by atoms with Crippen LogP contribution >= 0.6 is 0 Å². The van der Waals surface area contributed by atoms with Crippen LogP contribution in [0.2, 0.25) is 0 Å². The first-order chi connectivity index (χ1) is 21.3. The molecule has 3 saturated carbocycles. The summed E-state index contributed by atoms with van der Waals surface area (Å²) in [5.41, 5.74) is 1.00. The molecule has 0 saturated heterocycles. The van der Waals surface area contributed by atoms with Gasteiger partial charge in [-0.15, -0.1) is 0 Å². The summed E-state index contributed by atoms with van der Waals surface area (Å²) >= 11 is 0. The van der Waals surface area contributed by atoms with Crippen molar-refractivity contribution in [2.45, 2.75) is 128 Å². The second kappa shape index (κ2) is 15.4. The normalized spacial score (nSPS) is 28.5. The molecule has 3 fully saturated rings. The van der Waals surface area contributed by atoms with E-state index in [4.69, 9.17) is 9.47 Å². The Morgan fingerprint density at radius 3 is 1.82 bits per heavy atom. The van der Waals surface area contributed by atoms with Crippen molar-refractivity contribution in [2.75, 3.05) is 13.2 Å². The van der Waals surface area contributed by atoms with Gasteiger partial charge in [-0.1, -0.05) is 31.5 Å². The monoisotopic (exact) mass is 618 g/mol. The molecule has 0 heterocycles. The van der Waals surface area contributed by atoms with Gasteiger partial charge in [-0.25, -0.2) is 13.2 Å². The highest BCUT2D eigenvalue weighted by Crippen LogP contribution is 2.45. The standard InChI is InChI=1S/C37H50F4O3/c1-3-5-32(42)31-19-18-29(34(38)36(31)40)26-8-6-23(7-9-26)22-44-28-16-14-25(15-17-28)24-10-12-27(13-11-24)30-20-21-33(43-4-2)37(41)35(30)39/h18-21,23-28,32,42H,3-17,22H2,1-2H3. The van der Waals surface area contributed by atoms with Gasteiger partial charge in [0.2, 0.25) is 5.82 Å². The third-order valence-electron chi connectivity index (χ3n) is 10.9. The fraction of sp³-hybridized carbons (Fsp3) is 0.676. The Hall–Kier alpha value is -2.12. The van der Waals surface area contributed by atoms with Gasteiger partial charge < -0.3 is 14.6 Å². The lowest BCUT2D eigenvalue weighted by molar-refractivity contribution is -0.0149. The molecule has 0 spiro atoms. The highest BCUT2D eigenvalue weighted by Gasteiger charge is 2.34.